The predicted octanol–water partition coefficient (Wildman–Crippen LogP) is 4.17. The molecule has 1 unspecified atom stereocenters. The van der Waals surface area contributed by atoms with E-state index in [0.29, 0.717) is 37.9 Å². The number of rotatable bonds is 4. The minimum Gasteiger partial charge on any atom is -0.486 e. The summed E-state index contributed by atoms with van der Waals surface area (Å²) in [6.45, 7) is 6.27. The fourth-order valence-electron chi connectivity index (χ4n) is 5.66. The zero-order valence-corrected chi connectivity index (χ0v) is 20.3. The smallest absolute Gasteiger partial charge is 0.255 e. The minimum atomic E-state index is -0.124. The first-order chi connectivity index (χ1) is 16.5. The van der Waals surface area contributed by atoms with E-state index < -0.39 is 0 Å². The van der Waals surface area contributed by atoms with Crippen LogP contribution in [-0.2, 0) is 4.79 Å². The number of hydrogen-bond donors (Lipinski definition) is 1. The Kier molecular flexibility index (Phi) is 6.53. The van der Waals surface area contributed by atoms with E-state index in [1.54, 1.807) is 0 Å². The summed E-state index contributed by atoms with van der Waals surface area (Å²) < 4.78 is 13.5. The molecule has 0 spiro atoms. The maximum Gasteiger partial charge on any atom is 0.255 e. The van der Waals surface area contributed by atoms with E-state index >= 15 is 0 Å². The molecule has 1 aromatic heterocycles. The molecule has 0 radical (unpaired) electrons. The quantitative estimate of drug-likeness (QED) is 0.736. The summed E-state index contributed by atoms with van der Waals surface area (Å²) in [6.07, 6.45) is 7.51. The SMILES string of the molecule is Cc1cc(C(=O)N2CCCC(C(=O)NC3CCCCC3)C2)c(C)n1-c1ccc2c(c1)OCCO2. The van der Waals surface area contributed by atoms with Gasteiger partial charge in [-0.15, -0.1) is 0 Å². The van der Waals surface area contributed by atoms with Gasteiger partial charge in [0.15, 0.2) is 11.5 Å². The minimum absolute atomic E-state index is 0.00654. The topological polar surface area (TPSA) is 72.8 Å². The summed E-state index contributed by atoms with van der Waals surface area (Å²) in [7, 11) is 0. The third-order valence-corrected chi connectivity index (χ3v) is 7.48. The Morgan fingerprint density at radius 3 is 2.50 bits per heavy atom. The van der Waals surface area contributed by atoms with Crippen LogP contribution in [-0.4, -0.2) is 53.6 Å². The van der Waals surface area contributed by atoms with Crippen molar-refractivity contribution in [2.45, 2.75) is 64.8 Å². The zero-order valence-electron chi connectivity index (χ0n) is 20.3. The number of hydrogen-bond acceptors (Lipinski definition) is 4. The average Bonchev–Trinajstić information content (AvgIpc) is 3.17. The van der Waals surface area contributed by atoms with Gasteiger partial charge in [-0.25, -0.2) is 0 Å². The maximum absolute atomic E-state index is 13.5. The molecule has 0 bridgehead atoms. The summed E-state index contributed by atoms with van der Waals surface area (Å²) in [5.41, 5.74) is 3.52. The highest BCUT2D eigenvalue weighted by atomic mass is 16.6. The summed E-state index contributed by atoms with van der Waals surface area (Å²) in [5.74, 6) is 1.48. The molecule has 1 atom stereocenters. The van der Waals surface area contributed by atoms with Crippen LogP contribution in [0.3, 0.4) is 0 Å². The standard InChI is InChI=1S/C27H35N3O4/c1-18-15-23(19(2)30(18)22-10-11-24-25(16-22)34-14-13-33-24)27(32)29-12-6-7-20(17-29)26(31)28-21-8-4-3-5-9-21/h10-11,15-16,20-21H,3-9,12-14,17H2,1-2H3,(H,28,31). The molecule has 1 saturated heterocycles. The van der Waals surface area contributed by atoms with Gasteiger partial charge in [0.05, 0.1) is 11.5 Å². The van der Waals surface area contributed by atoms with Gasteiger partial charge in [0.25, 0.3) is 5.91 Å². The normalized spacial score (nSPS) is 20.8. The van der Waals surface area contributed by atoms with Crippen molar-refractivity contribution in [3.05, 3.63) is 41.2 Å². The van der Waals surface area contributed by atoms with Crippen LogP contribution in [0, 0.1) is 19.8 Å². The van der Waals surface area contributed by atoms with Gasteiger partial charge in [-0.2, -0.15) is 0 Å². The highest BCUT2D eigenvalue weighted by molar-refractivity contribution is 5.96. The summed E-state index contributed by atoms with van der Waals surface area (Å²) in [5, 5.41) is 3.26. The second-order valence-electron chi connectivity index (χ2n) is 9.88. The Morgan fingerprint density at radius 2 is 1.71 bits per heavy atom. The number of aromatic nitrogens is 1. The number of amides is 2. The molecule has 1 saturated carbocycles. The molecule has 2 fully saturated rings. The van der Waals surface area contributed by atoms with Crippen LogP contribution in [0.1, 0.15) is 66.7 Å². The molecule has 2 aromatic rings. The van der Waals surface area contributed by atoms with Gasteiger partial charge in [-0.05, 0) is 57.7 Å². The molecular weight excluding hydrogens is 430 g/mol. The third-order valence-electron chi connectivity index (χ3n) is 7.48. The lowest BCUT2D eigenvalue weighted by atomic mass is 9.93. The number of nitrogens with zero attached hydrogens (tertiary/aromatic N) is 2. The van der Waals surface area contributed by atoms with Crippen molar-refractivity contribution in [3.8, 4) is 17.2 Å². The molecule has 3 heterocycles. The number of piperidine rings is 1. The van der Waals surface area contributed by atoms with Gasteiger partial charge < -0.3 is 24.3 Å². The van der Waals surface area contributed by atoms with Crippen LogP contribution < -0.4 is 14.8 Å². The monoisotopic (exact) mass is 465 g/mol. The highest BCUT2D eigenvalue weighted by Gasteiger charge is 2.31. The van der Waals surface area contributed by atoms with E-state index in [1.165, 1.54) is 19.3 Å². The zero-order chi connectivity index (χ0) is 23.7. The van der Waals surface area contributed by atoms with Crippen molar-refractivity contribution in [1.82, 2.24) is 14.8 Å². The van der Waals surface area contributed by atoms with Crippen molar-refractivity contribution in [3.63, 3.8) is 0 Å². The van der Waals surface area contributed by atoms with Crippen LogP contribution in [0.2, 0.25) is 0 Å². The Morgan fingerprint density at radius 1 is 0.941 bits per heavy atom. The Balaban J connectivity index is 1.31. The lowest BCUT2D eigenvalue weighted by molar-refractivity contribution is -0.127. The van der Waals surface area contributed by atoms with E-state index in [9.17, 15) is 9.59 Å². The van der Waals surface area contributed by atoms with Crippen LogP contribution >= 0.6 is 0 Å². The lowest BCUT2D eigenvalue weighted by Gasteiger charge is -2.33. The van der Waals surface area contributed by atoms with Crippen LogP contribution in [0.4, 0.5) is 0 Å². The van der Waals surface area contributed by atoms with Crippen molar-refractivity contribution in [2.75, 3.05) is 26.3 Å². The molecule has 2 aliphatic heterocycles. The summed E-state index contributed by atoms with van der Waals surface area (Å²) in [6, 6.07) is 8.14. The van der Waals surface area contributed by atoms with Crippen molar-refractivity contribution in [2.24, 2.45) is 5.92 Å². The molecule has 2 amide bonds. The number of ether oxygens (including phenoxy) is 2. The van der Waals surface area contributed by atoms with E-state index in [4.69, 9.17) is 9.47 Å². The Hall–Kier alpha value is -2.96. The van der Waals surface area contributed by atoms with E-state index in [2.05, 4.69) is 9.88 Å². The first-order valence-electron chi connectivity index (χ1n) is 12.7. The van der Waals surface area contributed by atoms with Gasteiger partial charge in [0.2, 0.25) is 5.91 Å². The van der Waals surface area contributed by atoms with Crippen molar-refractivity contribution < 1.29 is 19.1 Å². The molecule has 7 nitrogen and oxygen atoms in total. The van der Waals surface area contributed by atoms with Gasteiger partial charge in [-0.1, -0.05) is 19.3 Å². The number of fused-ring (bicyclic) bond motifs is 1. The number of nitrogens with one attached hydrogen (secondary N) is 1. The largest absolute Gasteiger partial charge is 0.486 e. The van der Waals surface area contributed by atoms with Gasteiger partial charge in [0.1, 0.15) is 13.2 Å². The average molecular weight is 466 g/mol. The van der Waals surface area contributed by atoms with Crippen LogP contribution in [0.5, 0.6) is 11.5 Å². The van der Waals surface area contributed by atoms with Gasteiger partial charge >= 0.3 is 0 Å². The number of likely N-dealkylation sites (tertiary alicyclic amines) is 1. The Bertz CT molecular complexity index is 1070. The first-order valence-corrected chi connectivity index (χ1v) is 12.7. The molecule has 1 aliphatic carbocycles. The van der Waals surface area contributed by atoms with E-state index in [1.807, 2.05) is 43.0 Å². The van der Waals surface area contributed by atoms with E-state index in [0.717, 1.165) is 54.3 Å². The number of carbonyl (C=O) groups excluding carboxylic acids is 2. The molecular formula is C27H35N3O4. The maximum atomic E-state index is 13.5. The van der Waals surface area contributed by atoms with Crippen molar-refractivity contribution in [1.29, 1.82) is 0 Å². The molecule has 3 aliphatic rings. The molecule has 182 valence electrons. The third kappa shape index (κ3) is 4.52. The molecule has 5 rings (SSSR count). The summed E-state index contributed by atoms with van der Waals surface area (Å²) in [4.78, 5) is 28.3. The fraction of sp³-hybridized carbons (Fsp3) is 0.556. The van der Waals surface area contributed by atoms with Gasteiger partial charge in [0, 0.05) is 42.3 Å². The van der Waals surface area contributed by atoms with E-state index in [-0.39, 0.29) is 17.7 Å². The first kappa shape index (κ1) is 22.8. The molecule has 34 heavy (non-hydrogen) atoms. The van der Waals surface area contributed by atoms with Gasteiger partial charge in [-0.3, -0.25) is 9.59 Å². The molecule has 1 N–H and O–H groups in total. The molecule has 1 aromatic carbocycles. The Labute approximate surface area is 201 Å². The van der Waals surface area contributed by atoms with Crippen molar-refractivity contribution >= 4 is 11.8 Å². The summed E-state index contributed by atoms with van der Waals surface area (Å²) >= 11 is 0. The number of benzene rings is 1. The van der Waals surface area contributed by atoms with Crippen LogP contribution in [0.15, 0.2) is 24.3 Å². The fourth-order valence-corrected chi connectivity index (χ4v) is 5.66. The lowest BCUT2D eigenvalue weighted by Crippen LogP contribution is -2.48. The second kappa shape index (κ2) is 9.72. The molecule has 7 heteroatoms. The highest BCUT2D eigenvalue weighted by Crippen LogP contribution is 2.34. The number of carbonyl (C=O) groups is 2. The second-order valence-corrected chi connectivity index (χ2v) is 9.88. The number of aryl methyl sites for hydroxylation is 1. The predicted molar refractivity (Wildman–Crippen MR) is 130 cm³/mol. The van der Waals surface area contributed by atoms with Crippen LogP contribution in [0.25, 0.3) is 5.69 Å².